The number of benzene rings is 18. The zero-order valence-electron chi connectivity index (χ0n) is 60.3. The first kappa shape index (κ1) is 63.8. The van der Waals surface area contributed by atoms with Crippen LogP contribution in [-0.2, 0) is 0 Å². The summed E-state index contributed by atoms with van der Waals surface area (Å²) in [6.45, 7) is 0. The number of fused-ring (bicyclic) bond motifs is 18. The van der Waals surface area contributed by atoms with Crippen molar-refractivity contribution in [3.63, 3.8) is 0 Å². The SMILES string of the molecule is c1ccc(-n2nc3ccc(-c4cc(-n5c6ccccc6c6ccccc65)cc5ccccc45)cc3n2)cc1.c1ccc(-n2nc3ccc(-c4cccc5c(-n6c7ccccc7c7ccccc76)cccc45)cc3n2)cc1.c1ccc(-n2nc3ccc4ccc5ccc(-n6c7ccccc7c7ccccc76)cc5c4c3n2)cc1. The topological polar surface area (TPSA) is 107 Å². The Bertz CT molecular complexity index is 7680. The summed E-state index contributed by atoms with van der Waals surface area (Å²) in [5.41, 5.74) is 23.5. The van der Waals surface area contributed by atoms with Crippen molar-refractivity contribution in [3.8, 4) is 56.4 Å². The lowest BCUT2D eigenvalue weighted by Gasteiger charge is -2.14. The summed E-state index contributed by atoms with van der Waals surface area (Å²) in [4.78, 5) is 5.15. The first-order valence-electron chi connectivity index (χ1n) is 37.7. The van der Waals surface area contributed by atoms with Crippen molar-refractivity contribution in [2.75, 3.05) is 0 Å². The summed E-state index contributed by atoms with van der Waals surface area (Å²) >= 11 is 0. The van der Waals surface area contributed by atoms with Gasteiger partial charge in [-0.05, 0) is 188 Å². The molecular formula is C100H64N12. The van der Waals surface area contributed by atoms with Gasteiger partial charge in [0.1, 0.15) is 33.1 Å². The van der Waals surface area contributed by atoms with Gasteiger partial charge in [0, 0.05) is 54.5 Å². The minimum absolute atomic E-state index is 0.873. The molecular weight excluding hydrogens is 1370 g/mol. The summed E-state index contributed by atoms with van der Waals surface area (Å²) in [6, 6.07) is 136. The first-order chi connectivity index (χ1) is 55.5. The Balaban J connectivity index is 0.000000103. The second-order valence-electron chi connectivity index (χ2n) is 28.4. The van der Waals surface area contributed by atoms with E-state index in [1.807, 2.05) is 91.0 Å². The van der Waals surface area contributed by atoms with Crippen LogP contribution in [0.25, 0.3) is 198 Å². The lowest BCUT2D eigenvalue weighted by atomic mass is 9.97. The molecule has 112 heavy (non-hydrogen) atoms. The predicted octanol–water partition coefficient (Wildman–Crippen LogP) is 24.5. The van der Waals surface area contributed by atoms with E-state index < -0.39 is 0 Å². The van der Waals surface area contributed by atoms with Crippen molar-refractivity contribution in [2.24, 2.45) is 0 Å². The van der Waals surface area contributed by atoms with Gasteiger partial charge in [0.2, 0.25) is 0 Å². The standard InChI is InChI=1S/2C34H22N4.C32H20N4/c1-2-10-24(11-3-1)38-35-30-21-20-23(22-31(30)36-38)25-14-8-16-27-26(25)15-9-19-34(27)37-32-17-6-4-12-28(32)29-13-5-7-18-33(29)37;1-2-11-25(12-3-1)38-35-31-19-18-24(21-32(31)36-38)30-22-26(20-23-10-4-5-13-27(23)30)37-33-16-8-6-14-28(33)29-15-7-9-17-34(29)37;1-2-8-23(9-3-1)36-33-28-19-17-22-15-14-21-16-18-24(20-27(21)31(22)32(28)34-36)35-29-12-6-4-10-25(29)26-11-5-7-13-30(26)35/h2*1-22H;1-20H. The number of para-hydroxylation sites is 9. The first-order valence-corrected chi connectivity index (χ1v) is 37.7. The predicted molar refractivity (Wildman–Crippen MR) is 461 cm³/mol. The second-order valence-corrected chi connectivity index (χ2v) is 28.4. The van der Waals surface area contributed by atoms with Crippen LogP contribution in [0.1, 0.15) is 0 Å². The molecule has 0 aliphatic rings. The molecule has 12 heteroatoms. The van der Waals surface area contributed by atoms with Gasteiger partial charge in [-0.3, -0.25) is 0 Å². The fraction of sp³-hybridized carbons (Fsp3) is 0. The molecule has 24 aromatic rings. The van der Waals surface area contributed by atoms with E-state index in [2.05, 4.69) is 316 Å². The van der Waals surface area contributed by atoms with E-state index >= 15 is 0 Å². The summed E-state index contributed by atoms with van der Waals surface area (Å²) in [7, 11) is 0. The second kappa shape index (κ2) is 26.2. The Morgan fingerprint density at radius 3 is 1.10 bits per heavy atom. The molecule has 0 atom stereocenters. The fourth-order valence-electron chi connectivity index (χ4n) is 16.8. The highest BCUT2D eigenvalue weighted by Crippen LogP contribution is 2.42. The van der Waals surface area contributed by atoms with Crippen LogP contribution in [0.2, 0.25) is 0 Å². The average molecular weight is 1430 g/mol. The fourth-order valence-corrected chi connectivity index (χ4v) is 16.8. The smallest absolute Gasteiger partial charge is 0.122 e. The normalized spacial score (nSPS) is 11.8. The van der Waals surface area contributed by atoms with Crippen LogP contribution >= 0.6 is 0 Å². The van der Waals surface area contributed by atoms with Crippen LogP contribution in [0.15, 0.2) is 388 Å². The average Bonchev–Trinajstić information content (AvgIpc) is 1.50. The van der Waals surface area contributed by atoms with Gasteiger partial charge in [-0.2, -0.15) is 14.4 Å². The molecule has 0 radical (unpaired) electrons. The molecule has 6 heterocycles. The molecule has 0 spiro atoms. The maximum absolute atomic E-state index is 4.95. The third-order valence-electron chi connectivity index (χ3n) is 21.9. The molecule has 6 aromatic heterocycles. The Kier molecular flexibility index (Phi) is 15.0. The molecule has 524 valence electrons. The Morgan fingerprint density at radius 2 is 0.562 bits per heavy atom. The number of hydrogen-bond acceptors (Lipinski definition) is 6. The number of hydrogen-bond donors (Lipinski definition) is 0. The third-order valence-corrected chi connectivity index (χ3v) is 21.9. The maximum atomic E-state index is 4.95. The minimum atomic E-state index is 0.873. The van der Waals surface area contributed by atoms with Crippen LogP contribution in [-0.4, -0.2) is 58.7 Å². The quantitative estimate of drug-likeness (QED) is 0.140. The van der Waals surface area contributed by atoms with Gasteiger partial charge in [-0.15, -0.1) is 30.6 Å². The van der Waals surface area contributed by atoms with Gasteiger partial charge in [0.05, 0.1) is 55.8 Å². The number of rotatable bonds is 8. The van der Waals surface area contributed by atoms with E-state index in [0.29, 0.717) is 0 Å². The third kappa shape index (κ3) is 10.7. The summed E-state index contributed by atoms with van der Waals surface area (Å²) in [5.74, 6) is 0. The van der Waals surface area contributed by atoms with E-state index in [4.69, 9.17) is 25.5 Å². The minimum Gasteiger partial charge on any atom is -0.309 e. The molecule has 0 aliphatic carbocycles. The van der Waals surface area contributed by atoms with Gasteiger partial charge >= 0.3 is 0 Å². The van der Waals surface area contributed by atoms with Crippen molar-refractivity contribution in [1.82, 2.24) is 58.7 Å². The monoisotopic (exact) mass is 1430 g/mol. The zero-order valence-corrected chi connectivity index (χ0v) is 60.3. The van der Waals surface area contributed by atoms with Crippen molar-refractivity contribution in [2.45, 2.75) is 0 Å². The highest BCUT2D eigenvalue weighted by molar-refractivity contribution is 6.20. The van der Waals surface area contributed by atoms with E-state index in [-0.39, 0.29) is 0 Å². The molecule has 0 unspecified atom stereocenters. The van der Waals surface area contributed by atoms with Gasteiger partial charge in [0.15, 0.2) is 0 Å². The van der Waals surface area contributed by atoms with E-state index in [0.717, 1.165) is 83.4 Å². The van der Waals surface area contributed by atoms with Crippen molar-refractivity contribution < 1.29 is 0 Å². The van der Waals surface area contributed by atoms with Crippen LogP contribution in [0, 0.1) is 0 Å². The Hall–Kier alpha value is -15.4. The maximum Gasteiger partial charge on any atom is 0.122 e. The molecule has 0 fully saturated rings. The molecule has 0 bridgehead atoms. The summed E-state index contributed by atoms with van der Waals surface area (Å²) in [5, 5.41) is 45.8. The highest BCUT2D eigenvalue weighted by Gasteiger charge is 2.21. The van der Waals surface area contributed by atoms with Gasteiger partial charge in [-0.1, -0.05) is 255 Å². The molecule has 0 aliphatic heterocycles. The van der Waals surface area contributed by atoms with Crippen molar-refractivity contribution in [1.29, 1.82) is 0 Å². The zero-order chi connectivity index (χ0) is 73.7. The Labute approximate surface area is 641 Å². The Morgan fingerprint density at radius 1 is 0.179 bits per heavy atom. The van der Waals surface area contributed by atoms with Crippen LogP contribution in [0.3, 0.4) is 0 Å². The summed E-state index contributed by atoms with van der Waals surface area (Å²) < 4.78 is 7.14. The molecule has 0 amide bonds. The van der Waals surface area contributed by atoms with Gasteiger partial charge in [-0.25, -0.2) is 0 Å². The lowest BCUT2D eigenvalue weighted by molar-refractivity contribution is 0.766. The van der Waals surface area contributed by atoms with E-state index in [9.17, 15) is 0 Å². The van der Waals surface area contributed by atoms with Gasteiger partial charge < -0.3 is 13.7 Å². The largest absolute Gasteiger partial charge is 0.309 e. The number of aromatic nitrogens is 12. The highest BCUT2D eigenvalue weighted by atomic mass is 15.5. The number of nitrogens with zero attached hydrogens (tertiary/aromatic N) is 12. The summed E-state index contributed by atoms with van der Waals surface area (Å²) in [6.07, 6.45) is 0. The van der Waals surface area contributed by atoms with Gasteiger partial charge in [0.25, 0.3) is 0 Å². The van der Waals surface area contributed by atoms with Crippen molar-refractivity contribution >= 4 is 142 Å². The molecule has 12 nitrogen and oxygen atoms in total. The van der Waals surface area contributed by atoms with Crippen LogP contribution in [0.5, 0.6) is 0 Å². The van der Waals surface area contributed by atoms with Crippen LogP contribution in [0.4, 0.5) is 0 Å². The van der Waals surface area contributed by atoms with E-state index in [1.54, 1.807) is 14.4 Å². The lowest BCUT2D eigenvalue weighted by Crippen LogP contribution is -1.97. The molecule has 24 rings (SSSR count). The molecule has 18 aromatic carbocycles. The molecule has 0 saturated heterocycles. The van der Waals surface area contributed by atoms with Crippen molar-refractivity contribution in [3.05, 3.63) is 388 Å². The van der Waals surface area contributed by atoms with E-state index in [1.165, 1.54) is 115 Å². The molecule has 0 N–H and O–H groups in total. The molecule has 0 saturated carbocycles. The van der Waals surface area contributed by atoms with Crippen LogP contribution < -0.4 is 0 Å².